The van der Waals surface area contributed by atoms with Gasteiger partial charge >= 0.3 is 0 Å². The highest BCUT2D eigenvalue weighted by atomic mass is 15.3. The normalized spacial score (nSPS) is 19.2. The Labute approximate surface area is 112 Å². The van der Waals surface area contributed by atoms with E-state index >= 15 is 0 Å². The lowest BCUT2D eigenvalue weighted by Gasteiger charge is -2.33. The fourth-order valence-corrected chi connectivity index (χ4v) is 1.48. The molecule has 0 amide bonds. The fourth-order valence-electron chi connectivity index (χ4n) is 1.48. The smallest absolute Gasteiger partial charge is 0.0857 e. The van der Waals surface area contributed by atoms with Crippen LogP contribution in [0.5, 0.6) is 0 Å². The molecular weight excluding hydrogens is 224 g/mol. The predicted octanol–water partition coefficient (Wildman–Crippen LogP) is 2.26. The van der Waals surface area contributed by atoms with Gasteiger partial charge in [0.25, 0.3) is 0 Å². The minimum atomic E-state index is 0.0187. The second-order valence-corrected chi connectivity index (χ2v) is 6.90. The average Bonchev–Trinajstić information content (AvgIpc) is 2.23. The summed E-state index contributed by atoms with van der Waals surface area (Å²) in [7, 11) is 0. The molecule has 104 valence electrons. The van der Waals surface area contributed by atoms with Gasteiger partial charge in [-0.3, -0.25) is 9.98 Å². The van der Waals surface area contributed by atoms with Crippen molar-refractivity contribution in [2.45, 2.75) is 52.6 Å². The van der Waals surface area contributed by atoms with Crippen LogP contribution in [-0.4, -0.2) is 59.7 Å². The Morgan fingerprint density at radius 2 is 0.944 bits per heavy atom. The molecule has 4 heteroatoms. The van der Waals surface area contributed by atoms with Crippen LogP contribution < -0.4 is 0 Å². The summed E-state index contributed by atoms with van der Waals surface area (Å²) in [6.45, 7) is 16.8. The van der Waals surface area contributed by atoms with Crippen molar-refractivity contribution in [3.05, 3.63) is 0 Å². The molecule has 0 saturated carbocycles. The van der Waals surface area contributed by atoms with Crippen molar-refractivity contribution in [3.8, 4) is 0 Å². The maximum absolute atomic E-state index is 4.54. The van der Waals surface area contributed by atoms with E-state index in [1.807, 2.05) is 12.7 Å². The molecule has 0 unspecified atom stereocenters. The fraction of sp³-hybridized carbons (Fsp3) is 0.857. The minimum absolute atomic E-state index is 0.0187. The van der Waals surface area contributed by atoms with E-state index in [9.17, 15) is 0 Å². The lowest BCUT2D eigenvalue weighted by atomic mass is 10.1. The molecule has 1 rings (SSSR count). The third-order valence-corrected chi connectivity index (χ3v) is 2.57. The molecule has 1 saturated heterocycles. The third kappa shape index (κ3) is 6.62. The molecule has 4 nitrogen and oxygen atoms in total. The monoisotopic (exact) mass is 252 g/mol. The molecule has 0 spiro atoms. The van der Waals surface area contributed by atoms with Crippen molar-refractivity contribution >= 4 is 12.7 Å². The predicted molar refractivity (Wildman–Crippen MR) is 79.6 cm³/mol. The second-order valence-electron chi connectivity index (χ2n) is 6.90. The van der Waals surface area contributed by atoms with Crippen molar-refractivity contribution in [1.82, 2.24) is 9.80 Å². The Bertz CT molecular complexity index is 267. The minimum Gasteiger partial charge on any atom is -0.359 e. The van der Waals surface area contributed by atoms with Crippen molar-refractivity contribution in [3.63, 3.8) is 0 Å². The zero-order valence-corrected chi connectivity index (χ0v) is 12.8. The summed E-state index contributed by atoms with van der Waals surface area (Å²) in [4.78, 5) is 13.6. The SMILES string of the molecule is CC(C)(C)N=CN1CCN(C=NC(C)(C)C)CC1. The van der Waals surface area contributed by atoms with Gasteiger partial charge in [-0.15, -0.1) is 0 Å². The topological polar surface area (TPSA) is 31.2 Å². The Hall–Kier alpha value is -1.06. The maximum atomic E-state index is 4.54. The van der Waals surface area contributed by atoms with Crippen LogP contribution in [0.2, 0.25) is 0 Å². The first-order valence-corrected chi connectivity index (χ1v) is 6.74. The highest BCUT2D eigenvalue weighted by Gasteiger charge is 2.14. The first-order chi connectivity index (χ1) is 8.16. The number of rotatable bonds is 2. The molecule has 0 aromatic rings. The molecule has 0 aliphatic carbocycles. The largest absolute Gasteiger partial charge is 0.359 e. The van der Waals surface area contributed by atoms with E-state index in [4.69, 9.17) is 0 Å². The molecule has 1 aliphatic heterocycles. The summed E-state index contributed by atoms with van der Waals surface area (Å²) in [5.74, 6) is 0. The molecule has 0 aromatic carbocycles. The first-order valence-electron chi connectivity index (χ1n) is 6.74. The lowest BCUT2D eigenvalue weighted by Crippen LogP contribution is -2.45. The molecule has 0 bridgehead atoms. The van der Waals surface area contributed by atoms with E-state index in [2.05, 4.69) is 61.3 Å². The van der Waals surface area contributed by atoms with Crippen LogP contribution in [0.3, 0.4) is 0 Å². The van der Waals surface area contributed by atoms with Crippen molar-refractivity contribution in [2.24, 2.45) is 9.98 Å². The molecule has 0 N–H and O–H groups in total. The van der Waals surface area contributed by atoms with E-state index in [0.29, 0.717) is 0 Å². The number of aliphatic imine (C=N–C) groups is 2. The summed E-state index contributed by atoms with van der Waals surface area (Å²) < 4.78 is 0. The molecule has 1 heterocycles. The van der Waals surface area contributed by atoms with Gasteiger partial charge in [0.2, 0.25) is 0 Å². The van der Waals surface area contributed by atoms with Crippen LogP contribution >= 0.6 is 0 Å². The molecule has 18 heavy (non-hydrogen) atoms. The Kier molecular flexibility index (Phi) is 4.77. The molecular formula is C14H28N4. The highest BCUT2D eigenvalue weighted by molar-refractivity contribution is 5.58. The van der Waals surface area contributed by atoms with Crippen molar-refractivity contribution < 1.29 is 0 Å². The van der Waals surface area contributed by atoms with Gasteiger partial charge in [-0.2, -0.15) is 0 Å². The van der Waals surface area contributed by atoms with E-state index in [1.165, 1.54) is 0 Å². The zero-order chi connectivity index (χ0) is 13.8. The molecule has 0 radical (unpaired) electrons. The summed E-state index contributed by atoms with van der Waals surface area (Å²) in [5.41, 5.74) is 0.0374. The Morgan fingerprint density at radius 1 is 0.667 bits per heavy atom. The van der Waals surface area contributed by atoms with Gasteiger partial charge in [0.15, 0.2) is 0 Å². The van der Waals surface area contributed by atoms with E-state index in [1.54, 1.807) is 0 Å². The van der Waals surface area contributed by atoms with Crippen LogP contribution in [-0.2, 0) is 0 Å². The second kappa shape index (κ2) is 5.72. The first kappa shape index (κ1) is 15.0. The van der Waals surface area contributed by atoms with E-state index in [0.717, 1.165) is 26.2 Å². The third-order valence-electron chi connectivity index (χ3n) is 2.57. The summed E-state index contributed by atoms with van der Waals surface area (Å²) >= 11 is 0. The quantitative estimate of drug-likeness (QED) is 0.557. The van der Waals surface area contributed by atoms with Gasteiger partial charge in [-0.25, -0.2) is 0 Å². The number of hydrogen-bond donors (Lipinski definition) is 0. The molecule has 1 aliphatic rings. The van der Waals surface area contributed by atoms with Gasteiger partial charge in [-0.05, 0) is 41.5 Å². The van der Waals surface area contributed by atoms with Crippen molar-refractivity contribution in [1.29, 1.82) is 0 Å². The van der Waals surface area contributed by atoms with Gasteiger partial charge in [0, 0.05) is 26.2 Å². The summed E-state index contributed by atoms with van der Waals surface area (Å²) in [5, 5.41) is 0. The molecule has 0 atom stereocenters. The number of nitrogens with zero attached hydrogens (tertiary/aromatic N) is 4. The molecule has 1 fully saturated rings. The summed E-state index contributed by atoms with van der Waals surface area (Å²) in [6.07, 6.45) is 4.00. The standard InChI is InChI=1S/C14H28N4/c1-13(2,3)15-11-17-7-9-18(10-8-17)12-16-14(4,5)6/h11-12H,7-10H2,1-6H3. The Balaban J connectivity index is 2.38. The summed E-state index contributed by atoms with van der Waals surface area (Å²) in [6, 6.07) is 0. The van der Waals surface area contributed by atoms with Gasteiger partial charge in [0.05, 0.1) is 23.8 Å². The lowest BCUT2D eigenvalue weighted by molar-refractivity contribution is 0.266. The molecule has 0 aromatic heterocycles. The van der Waals surface area contributed by atoms with Crippen LogP contribution in [0.4, 0.5) is 0 Å². The van der Waals surface area contributed by atoms with Crippen LogP contribution in [0, 0.1) is 0 Å². The number of hydrogen-bond acceptors (Lipinski definition) is 2. The van der Waals surface area contributed by atoms with E-state index in [-0.39, 0.29) is 11.1 Å². The van der Waals surface area contributed by atoms with Crippen molar-refractivity contribution in [2.75, 3.05) is 26.2 Å². The van der Waals surface area contributed by atoms with Crippen LogP contribution in [0.25, 0.3) is 0 Å². The Morgan fingerprint density at radius 3 is 1.17 bits per heavy atom. The van der Waals surface area contributed by atoms with Gasteiger partial charge in [-0.1, -0.05) is 0 Å². The van der Waals surface area contributed by atoms with Gasteiger partial charge in [0.1, 0.15) is 0 Å². The van der Waals surface area contributed by atoms with E-state index < -0.39 is 0 Å². The highest BCUT2D eigenvalue weighted by Crippen LogP contribution is 2.08. The van der Waals surface area contributed by atoms with Crippen LogP contribution in [0.15, 0.2) is 9.98 Å². The average molecular weight is 252 g/mol. The zero-order valence-electron chi connectivity index (χ0n) is 12.8. The maximum Gasteiger partial charge on any atom is 0.0857 e. The number of piperazine rings is 1. The van der Waals surface area contributed by atoms with Crippen LogP contribution in [0.1, 0.15) is 41.5 Å². The van der Waals surface area contributed by atoms with Gasteiger partial charge < -0.3 is 9.80 Å².